The molecule has 84 valence electrons. The van der Waals surface area contributed by atoms with E-state index in [0.717, 1.165) is 5.69 Å². The van der Waals surface area contributed by atoms with E-state index < -0.39 is 5.97 Å². The van der Waals surface area contributed by atoms with Crippen LogP contribution >= 0.6 is 11.3 Å². The Labute approximate surface area is 98.4 Å². The number of allylic oxidation sites excluding steroid dienone is 1. The number of carbonyl (C=O) groups excluding carboxylic acids is 1. The standard InChI is InChI=1S/C11H12N2O2S/c1-5-15-11(14)9(12-4)8(3)10-13-7(2)6-16-10/h6H,5H2,1-3H3/b9-8+. The molecule has 0 aromatic carbocycles. The summed E-state index contributed by atoms with van der Waals surface area (Å²) in [5.74, 6) is -0.581. The van der Waals surface area contributed by atoms with Crippen LogP contribution in [0, 0.1) is 13.5 Å². The summed E-state index contributed by atoms with van der Waals surface area (Å²) in [7, 11) is 0. The fourth-order valence-electron chi connectivity index (χ4n) is 1.11. The molecule has 0 aliphatic carbocycles. The number of rotatable bonds is 3. The summed E-state index contributed by atoms with van der Waals surface area (Å²) < 4.78 is 4.81. The predicted octanol–water partition coefficient (Wildman–Crippen LogP) is 2.66. The van der Waals surface area contributed by atoms with Crippen LogP contribution in [0.3, 0.4) is 0 Å². The zero-order valence-corrected chi connectivity index (χ0v) is 10.2. The van der Waals surface area contributed by atoms with E-state index in [-0.39, 0.29) is 12.3 Å². The quantitative estimate of drug-likeness (QED) is 0.460. The SMILES string of the molecule is [C-]#[N+]/C(C(=O)OCC)=C(\C)c1nc(C)cs1. The highest BCUT2D eigenvalue weighted by Gasteiger charge is 2.17. The Hall–Kier alpha value is -1.67. The molecule has 0 spiro atoms. The van der Waals surface area contributed by atoms with Crippen LogP contribution in [-0.4, -0.2) is 17.6 Å². The number of esters is 1. The van der Waals surface area contributed by atoms with Gasteiger partial charge in [-0.15, -0.1) is 11.3 Å². The van der Waals surface area contributed by atoms with Gasteiger partial charge in [0.1, 0.15) is 5.01 Å². The second kappa shape index (κ2) is 5.42. The van der Waals surface area contributed by atoms with Crippen LogP contribution in [0.25, 0.3) is 10.4 Å². The molecule has 1 aromatic rings. The average molecular weight is 236 g/mol. The van der Waals surface area contributed by atoms with Gasteiger partial charge < -0.3 is 4.74 Å². The number of aromatic nitrogens is 1. The summed E-state index contributed by atoms with van der Waals surface area (Å²) in [5, 5.41) is 2.57. The third-order valence-corrected chi connectivity index (χ3v) is 2.96. The molecule has 0 N–H and O–H groups in total. The predicted molar refractivity (Wildman–Crippen MR) is 62.7 cm³/mol. The minimum Gasteiger partial charge on any atom is -0.471 e. The van der Waals surface area contributed by atoms with Gasteiger partial charge in [-0.1, -0.05) is 0 Å². The molecule has 5 heteroatoms. The molecule has 0 fully saturated rings. The zero-order valence-electron chi connectivity index (χ0n) is 9.40. The summed E-state index contributed by atoms with van der Waals surface area (Å²) in [5.41, 5.74) is 1.47. The number of nitrogens with zero attached hydrogens (tertiary/aromatic N) is 2. The molecule has 0 radical (unpaired) electrons. The van der Waals surface area contributed by atoms with Gasteiger partial charge in [0.2, 0.25) is 0 Å². The lowest BCUT2D eigenvalue weighted by Crippen LogP contribution is -2.06. The summed E-state index contributed by atoms with van der Waals surface area (Å²) >= 11 is 1.42. The minimum absolute atomic E-state index is 0.0104. The number of hydrogen-bond acceptors (Lipinski definition) is 4. The lowest BCUT2D eigenvalue weighted by molar-refractivity contribution is -0.138. The van der Waals surface area contributed by atoms with Crippen molar-refractivity contribution in [2.45, 2.75) is 20.8 Å². The van der Waals surface area contributed by atoms with Crippen molar-refractivity contribution in [1.29, 1.82) is 0 Å². The maximum absolute atomic E-state index is 11.5. The maximum atomic E-state index is 11.5. The second-order valence-corrected chi connectivity index (χ2v) is 3.96. The summed E-state index contributed by atoms with van der Waals surface area (Å²) in [6, 6.07) is 0. The fourth-order valence-corrected chi connectivity index (χ4v) is 1.91. The van der Waals surface area contributed by atoms with E-state index in [9.17, 15) is 4.79 Å². The van der Waals surface area contributed by atoms with Gasteiger partial charge in [0.15, 0.2) is 0 Å². The molecule has 0 aliphatic rings. The van der Waals surface area contributed by atoms with E-state index in [1.54, 1.807) is 13.8 Å². The van der Waals surface area contributed by atoms with Crippen molar-refractivity contribution in [2.24, 2.45) is 0 Å². The van der Waals surface area contributed by atoms with Crippen molar-refractivity contribution < 1.29 is 9.53 Å². The molecule has 1 aromatic heterocycles. The van der Waals surface area contributed by atoms with Crippen LogP contribution in [0.15, 0.2) is 11.1 Å². The molecule has 0 saturated carbocycles. The topological polar surface area (TPSA) is 43.5 Å². The first-order chi connectivity index (χ1) is 7.60. The number of ether oxygens (including phenoxy) is 1. The van der Waals surface area contributed by atoms with E-state index in [4.69, 9.17) is 11.3 Å². The van der Waals surface area contributed by atoms with Gasteiger partial charge in [0.05, 0.1) is 13.2 Å². The maximum Gasteiger partial charge on any atom is 0.336 e. The average Bonchev–Trinajstić information content (AvgIpc) is 2.66. The van der Waals surface area contributed by atoms with E-state index in [2.05, 4.69) is 9.83 Å². The summed E-state index contributed by atoms with van der Waals surface area (Å²) in [6.07, 6.45) is 0. The van der Waals surface area contributed by atoms with Gasteiger partial charge >= 0.3 is 5.97 Å². The Bertz CT molecular complexity index is 469. The Kier molecular flexibility index (Phi) is 4.20. The van der Waals surface area contributed by atoms with Crippen molar-refractivity contribution in [3.8, 4) is 0 Å². The van der Waals surface area contributed by atoms with Gasteiger partial charge in [-0.25, -0.2) is 9.83 Å². The molecule has 0 amide bonds. The lowest BCUT2D eigenvalue weighted by atomic mass is 10.2. The lowest BCUT2D eigenvalue weighted by Gasteiger charge is -2.02. The molecule has 0 aliphatic heterocycles. The van der Waals surface area contributed by atoms with Gasteiger partial charge in [-0.05, 0) is 26.3 Å². The molecule has 0 bridgehead atoms. The highest BCUT2D eigenvalue weighted by molar-refractivity contribution is 7.10. The first-order valence-electron chi connectivity index (χ1n) is 4.78. The third kappa shape index (κ3) is 2.67. The summed E-state index contributed by atoms with van der Waals surface area (Å²) in [4.78, 5) is 18.9. The van der Waals surface area contributed by atoms with Gasteiger partial charge in [0.25, 0.3) is 5.70 Å². The van der Waals surface area contributed by atoms with Crippen LogP contribution in [0.4, 0.5) is 0 Å². The molecule has 0 saturated heterocycles. The Balaban J connectivity index is 3.10. The molecule has 1 heterocycles. The van der Waals surface area contributed by atoms with Crippen LogP contribution in [0.1, 0.15) is 24.5 Å². The van der Waals surface area contributed by atoms with E-state index in [1.165, 1.54) is 11.3 Å². The Morgan fingerprint density at radius 1 is 1.69 bits per heavy atom. The largest absolute Gasteiger partial charge is 0.471 e. The van der Waals surface area contributed by atoms with E-state index >= 15 is 0 Å². The summed E-state index contributed by atoms with van der Waals surface area (Å²) in [6.45, 7) is 12.6. The second-order valence-electron chi connectivity index (χ2n) is 3.10. The number of thiazole rings is 1. The Morgan fingerprint density at radius 2 is 2.38 bits per heavy atom. The number of hydrogen-bond donors (Lipinski definition) is 0. The van der Waals surface area contributed by atoms with Crippen molar-refractivity contribution in [1.82, 2.24) is 4.98 Å². The molecule has 0 atom stereocenters. The van der Waals surface area contributed by atoms with Gasteiger partial charge in [-0.3, -0.25) is 4.79 Å². The van der Waals surface area contributed by atoms with E-state index in [1.807, 2.05) is 12.3 Å². The number of aryl methyl sites for hydroxylation is 1. The molecule has 16 heavy (non-hydrogen) atoms. The zero-order chi connectivity index (χ0) is 12.1. The molecule has 4 nitrogen and oxygen atoms in total. The molecule has 1 rings (SSSR count). The van der Waals surface area contributed by atoms with Crippen molar-refractivity contribution >= 4 is 22.9 Å². The molecular formula is C11H12N2O2S. The molecule has 0 unspecified atom stereocenters. The van der Waals surface area contributed by atoms with E-state index in [0.29, 0.717) is 10.6 Å². The van der Waals surface area contributed by atoms with Gasteiger partial charge in [0, 0.05) is 11.1 Å². The molecular weight excluding hydrogens is 224 g/mol. The van der Waals surface area contributed by atoms with Crippen LogP contribution in [0.2, 0.25) is 0 Å². The Morgan fingerprint density at radius 3 is 2.81 bits per heavy atom. The highest BCUT2D eigenvalue weighted by Crippen LogP contribution is 2.23. The third-order valence-electron chi connectivity index (χ3n) is 1.88. The van der Waals surface area contributed by atoms with Crippen LogP contribution < -0.4 is 0 Å². The van der Waals surface area contributed by atoms with Crippen molar-refractivity contribution in [3.05, 3.63) is 33.2 Å². The number of carbonyl (C=O) groups is 1. The van der Waals surface area contributed by atoms with Crippen LogP contribution in [0.5, 0.6) is 0 Å². The minimum atomic E-state index is -0.581. The monoisotopic (exact) mass is 236 g/mol. The van der Waals surface area contributed by atoms with Crippen LogP contribution in [-0.2, 0) is 9.53 Å². The normalized spacial score (nSPS) is 11.6. The van der Waals surface area contributed by atoms with Gasteiger partial charge in [-0.2, -0.15) is 0 Å². The smallest absolute Gasteiger partial charge is 0.336 e. The fraction of sp³-hybridized carbons (Fsp3) is 0.364. The highest BCUT2D eigenvalue weighted by atomic mass is 32.1. The van der Waals surface area contributed by atoms with Crippen molar-refractivity contribution in [3.63, 3.8) is 0 Å². The van der Waals surface area contributed by atoms with Crippen molar-refractivity contribution in [2.75, 3.05) is 6.61 Å². The first-order valence-corrected chi connectivity index (χ1v) is 5.66. The first kappa shape index (κ1) is 12.4.